The van der Waals surface area contributed by atoms with Gasteiger partial charge in [-0.15, -0.1) is 0 Å². The zero-order valence-corrected chi connectivity index (χ0v) is 10.4. The van der Waals surface area contributed by atoms with Crippen LogP contribution in [0.1, 0.15) is 12.5 Å². The van der Waals surface area contributed by atoms with Crippen LogP contribution in [0.4, 0.5) is 5.82 Å². The van der Waals surface area contributed by atoms with E-state index in [-0.39, 0.29) is 21.2 Å². The molecule has 0 fully saturated rings. The zero-order chi connectivity index (χ0) is 10.1. The predicted molar refractivity (Wildman–Crippen MR) is 54.5 cm³/mol. The number of alkyl halides is 1. The van der Waals surface area contributed by atoms with Gasteiger partial charge in [0.05, 0.1) is 0 Å². The van der Waals surface area contributed by atoms with Crippen LogP contribution in [0.2, 0.25) is 0 Å². The molecule has 0 aliphatic carbocycles. The van der Waals surface area contributed by atoms with Crippen molar-refractivity contribution in [1.82, 2.24) is 9.97 Å². The first kappa shape index (κ1) is 9.76. The molecule has 3 nitrogen and oxygen atoms in total. The number of aryl methyl sites for hydroxylation is 1. The van der Waals surface area contributed by atoms with Crippen molar-refractivity contribution >= 4 is 16.9 Å². The van der Waals surface area contributed by atoms with Crippen molar-refractivity contribution in [2.75, 3.05) is 10.2 Å². The molecule has 2 aromatic rings. The van der Waals surface area contributed by atoms with Gasteiger partial charge in [0.2, 0.25) is 0 Å². The standard InChI is InChI=1S/C10H13IN3/c1-3-11-7-4-8-6(2)9(12)14-10(8)13-5-7/h4-5H,3,12H2,1-2H3,(H,13,14)/q-1. The number of nitrogens with zero attached hydrogens (tertiary/aromatic N) is 1. The number of hydrogen-bond acceptors (Lipinski definition) is 2. The zero-order valence-electron chi connectivity index (χ0n) is 8.26. The average Bonchev–Trinajstić information content (AvgIpc) is 2.45. The molecule has 0 bridgehead atoms. The number of anilines is 1. The number of fused-ring (bicyclic) bond motifs is 1. The van der Waals surface area contributed by atoms with Crippen LogP contribution in [0.3, 0.4) is 0 Å². The van der Waals surface area contributed by atoms with Crippen LogP contribution in [0.25, 0.3) is 11.0 Å². The topological polar surface area (TPSA) is 54.7 Å². The van der Waals surface area contributed by atoms with E-state index in [4.69, 9.17) is 5.73 Å². The summed E-state index contributed by atoms with van der Waals surface area (Å²) in [5.41, 5.74) is 7.82. The molecule has 2 heterocycles. The normalized spacial score (nSPS) is 11.3. The Morgan fingerprint density at radius 3 is 3.07 bits per heavy atom. The Bertz CT molecular complexity index is 462. The van der Waals surface area contributed by atoms with Crippen LogP contribution < -0.4 is 26.9 Å². The van der Waals surface area contributed by atoms with E-state index in [1.165, 1.54) is 13.4 Å². The van der Waals surface area contributed by atoms with E-state index in [1.807, 2.05) is 13.1 Å². The molecule has 0 aliphatic heterocycles. The third kappa shape index (κ3) is 1.58. The number of halogens is 1. The van der Waals surface area contributed by atoms with Gasteiger partial charge in [-0.1, -0.05) is 0 Å². The summed E-state index contributed by atoms with van der Waals surface area (Å²) in [6.07, 6.45) is 1.97. The van der Waals surface area contributed by atoms with Gasteiger partial charge in [0.1, 0.15) is 0 Å². The molecular formula is C10H13IN3-. The summed E-state index contributed by atoms with van der Waals surface area (Å²) >= 11 is 0.134. The van der Waals surface area contributed by atoms with Crippen molar-refractivity contribution < 1.29 is 21.2 Å². The summed E-state index contributed by atoms with van der Waals surface area (Å²) in [5.74, 6) is 0.736. The molecule has 0 atom stereocenters. The van der Waals surface area contributed by atoms with Gasteiger partial charge in [0.15, 0.2) is 0 Å². The molecule has 4 heteroatoms. The van der Waals surface area contributed by atoms with Crippen LogP contribution in [0.5, 0.6) is 0 Å². The van der Waals surface area contributed by atoms with Crippen LogP contribution in [-0.4, -0.2) is 14.4 Å². The van der Waals surface area contributed by atoms with Crippen LogP contribution >= 0.6 is 0 Å². The van der Waals surface area contributed by atoms with Gasteiger partial charge >= 0.3 is 93.4 Å². The fourth-order valence-electron chi connectivity index (χ4n) is 1.42. The first-order valence-electron chi connectivity index (χ1n) is 4.55. The summed E-state index contributed by atoms with van der Waals surface area (Å²) in [6, 6.07) is 2.22. The Morgan fingerprint density at radius 2 is 2.36 bits per heavy atom. The molecule has 76 valence electrons. The van der Waals surface area contributed by atoms with Crippen LogP contribution in [0, 0.1) is 10.5 Å². The minimum absolute atomic E-state index is 0.134. The summed E-state index contributed by atoms with van der Waals surface area (Å²) in [7, 11) is 0. The van der Waals surface area contributed by atoms with E-state index in [1.54, 1.807) is 0 Å². The summed E-state index contributed by atoms with van der Waals surface area (Å²) in [6.45, 7) is 4.25. The number of rotatable bonds is 2. The second kappa shape index (κ2) is 3.76. The second-order valence-corrected chi connectivity index (χ2v) is 6.65. The second-order valence-electron chi connectivity index (χ2n) is 3.11. The van der Waals surface area contributed by atoms with E-state index < -0.39 is 0 Å². The van der Waals surface area contributed by atoms with E-state index in [0.29, 0.717) is 0 Å². The van der Waals surface area contributed by atoms with Crippen molar-refractivity contribution in [2.24, 2.45) is 0 Å². The monoisotopic (exact) mass is 302 g/mol. The number of hydrogen-bond donors (Lipinski definition) is 2. The maximum absolute atomic E-state index is 5.79. The number of nitrogens with one attached hydrogen (secondary N) is 1. The number of nitrogens with two attached hydrogens (primary N) is 1. The molecule has 2 rings (SSSR count). The van der Waals surface area contributed by atoms with Gasteiger partial charge < -0.3 is 0 Å². The third-order valence-corrected chi connectivity index (χ3v) is 4.44. The molecule has 0 unspecified atom stereocenters. The fraction of sp³-hybridized carbons (Fsp3) is 0.300. The van der Waals surface area contributed by atoms with Crippen molar-refractivity contribution in [1.29, 1.82) is 0 Å². The molecule has 3 N–H and O–H groups in total. The molecule has 0 saturated heterocycles. The Kier molecular flexibility index (Phi) is 2.62. The Balaban J connectivity index is 2.58. The third-order valence-electron chi connectivity index (χ3n) is 2.20. The van der Waals surface area contributed by atoms with Gasteiger partial charge in [-0.3, -0.25) is 0 Å². The number of aromatic amines is 1. The number of aromatic nitrogens is 2. The van der Waals surface area contributed by atoms with Gasteiger partial charge in [0.25, 0.3) is 0 Å². The van der Waals surface area contributed by atoms with E-state index >= 15 is 0 Å². The van der Waals surface area contributed by atoms with Crippen molar-refractivity contribution in [2.45, 2.75) is 13.8 Å². The van der Waals surface area contributed by atoms with Gasteiger partial charge in [-0.25, -0.2) is 0 Å². The molecule has 0 radical (unpaired) electrons. The molecule has 14 heavy (non-hydrogen) atoms. The van der Waals surface area contributed by atoms with Crippen molar-refractivity contribution in [3.63, 3.8) is 0 Å². The summed E-state index contributed by atoms with van der Waals surface area (Å²) in [5, 5.41) is 1.17. The number of H-pyrrole nitrogens is 1. The molecular weight excluding hydrogens is 289 g/mol. The number of pyridine rings is 1. The molecule has 0 aromatic carbocycles. The predicted octanol–water partition coefficient (Wildman–Crippen LogP) is -1.27. The van der Waals surface area contributed by atoms with E-state index in [0.717, 1.165) is 17.0 Å². The molecule has 0 aliphatic rings. The van der Waals surface area contributed by atoms with E-state index in [2.05, 4.69) is 23.0 Å². The number of nitrogen functional groups attached to an aromatic ring is 1. The summed E-state index contributed by atoms with van der Waals surface area (Å²) in [4.78, 5) is 7.45. The quantitative estimate of drug-likeness (QED) is 0.537. The summed E-state index contributed by atoms with van der Waals surface area (Å²) < 4.78 is 2.64. The molecule has 0 spiro atoms. The molecule has 0 amide bonds. The maximum atomic E-state index is 5.79. The van der Waals surface area contributed by atoms with E-state index in [9.17, 15) is 0 Å². The first-order chi connectivity index (χ1) is 6.72. The van der Waals surface area contributed by atoms with Crippen molar-refractivity contribution in [3.8, 4) is 0 Å². The average molecular weight is 302 g/mol. The van der Waals surface area contributed by atoms with Gasteiger partial charge in [-0.05, 0) is 0 Å². The molecule has 0 saturated carbocycles. The Morgan fingerprint density at radius 1 is 1.57 bits per heavy atom. The van der Waals surface area contributed by atoms with Gasteiger partial charge in [-0.2, -0.15) is 0 Å². The first-order valence-corrected chi connectivity index (χ1v) is 7.15. The van der Waals surface area contributed by atoms with Gasteiger partial charge in [0, 0.05) is 0 Å². The van der Waals surface area contributed by atoms with Crippen LogP contribution in [0.15, 0.2) is 12.3 Å². The van der Waals surface area contributed by atoms with Crippen LogP contribution in [-0.2, 0) is 0 Å². The fourth-order valence-corrected chi connectivity index (χ4v) is 3.17. The SMILES string of the molecule is CC[I-]c1cnc2[nH]c(N)c(C)c2c1. The minimum atomic E-state index is 0.134. The molecule has 2 aromatic heterocycles. The Labute approximate surface area is 93.4 Å². The Hall–Kier alpha value is -0.780. The van der Waals surface area contributed by atoms with Crippen molar-refractivity contribution in [3.05, 3.63) is 21.4 Å².